The first-order valence-corrected chi connectivity index (χ1v) is 25.2. The second-order valence-corrected chi connectivity index (χ2v) is 26.2. The third-order valence-corrected chi connectivity index (χ3v) is 19.2. The number of esters is 3. The van der Waals surface area contributed by atoms with Gasteiger partial charge in [-0.15, -0.1) is 0 Å². The minimum atomic E-state index is -2.90. The maximum atomic E-state index is 15.2. The molecule has 65 heavy (non-hydrogen) atoms. The van der Waals surface area contributed by atoms with Gasteiger partial charge in [0.25, 0.3) is 0 Å². The molecule has 1 saturated heterocycles. The highest BCUT2D eigenvalue weighted by Gasteiger charge is 2.78. The van der Waals surface area contributed by atoms with E-state index in [1.165, 1.54) is 26.0 Å². The number of hydrogen-bond donors (Lipinski definition) is 4. The summed E-state index contributed by atoms with van der Waals surface area (Å²) in [4.78, 5) is 71.4. The molecule has 2 bridgehead atoms. The van der Waals surface area contributed by atoms with Crippen LogP contribution in [-0.2, 0) is 42.5 Å². The van der Waals surface area contributed by atoms with Crippen molar-refractivity contribution in [1.82, 2.24) is 5.32 Å². The lowest BCUT2D eigenvalue weighted by atomic mass is 9.44. The summed E-state index contributed by atoms with van der Waals surface area (Å²) in [5.41, 5.74) is -7.76. The number of ketones is 1. The fourth-order valence-electron chi connectivity index (χ4n) is 10.2. The number of ether oxygens (including phenoxy) is 5. The molecule has 0 unspecified atom stereocenters. The van der Waals surface area contributed by atoms with Gasteiger partial charge in [-0.2, -0.15) is 0 Å². The quantitative estimate of drug-likeness (QED) is 0.0893. The van der Waals surface area contributed by atoms with Gasteiger partial charge >= 0.3 is 24.0 Å². The number of amides is 1. The van der Waals surface area contributed by atoms with Crippen LogP contribution in [0.2, 0.25) is 18.1 Å². The van der Waals surface area contributed by atoms with Crippen molar-refractivity contribution in [1.29, 1.82) is 0 Å². The van der Waals surface area contributed by atoms with E-state index in [4.69, 9.17) is 28.1 Å². The Balaban J connectivity index is 1.55. The number of carbonyl (C=O) groups is 5. The first-order valence-electron chi connectivity index (χ1n) is 22.3. The molecule has 1 aliphatic heterocycles. The van der Waals surface area contributed by atoms with Crippen LogP contribution in [0.5, 0.6) is 0 Å². The van der Waals surface area contributed by atoms with Crippen molar-refractivity contribution in [3.05, 3.63) is 82.9 Å². The van der Waals surface area contributed by atoms with Crippen molar-refractivity contribution in [3.63, 3.8) is 0 Å². The zero-order valence-electron chi connectivity index (χ0n) is 39.8. The van der Waals surface area contributed by atoms with Gasteiger partial charge in [0.05, 0.1) is 35.6 Å². The Morgan fingerprint density at radius 3 is 2.02 bits per heavy atom. The van der Waals surface area contributed by atoms with Crippen LogP contribution in [0.1, 0.15) is 111 Å². The Morgan fingerprint density at radius 2 is 1.49 bits per heavy atom. The van der Waals surface area contributed by atoms with Gasteiger partial charge in [0.1, 0.15) is 35.6 Å². The fourth-order valence-corrected chi connectivity index (χ4v) is 11.4. The molecule has 3 fully saturated rings. The van der Waals surface area contributed by atoms with Crippen molar-refractivity contribution < 1.29 is 67.4 Å². The van der Waals surface area contributed by atoms with Gasteiger partial charge in [0, 0.05) is 25.2 Å². The van der Waals surface area contributed by atoms with E-state index in [1.807, 2.05) is 33.9 Å². The van der Waals surface area contributed by atoms with Crippen LogP contribution in [0.4, 0.5) is 4.79 Å². The van der Waals surface area contributed by atoms with Crippen LogP contribution in [0.15, 0.2) is 71.8 Å². The average Bonchev–Trinajstić information content (AvgIpc) is 3.20. The van der Waals surface area contributed by atoms with E-state index in [1.54, 1.807) is 90.1 Å². The van der Waals surface area contributed by atoms with Crippen LogP contribution < -0.4 is 5.32 Å². The van der Waals surface area contributed by atoms with Gasteiger partial charge in [-0.3, -0.25) is 9.59 Å². The number of carbonyl (C=O) groups excluding carboxylic acids is 5. The maximum Gasteiger partial charge on any atom is 0.408 e. The highest BCUT2D eigenvalue weighted by atomic mass is 28.4. The minimum absolute atomic E-state index is 0.0106. The van der Waals surface area contributed by atoms with Gasteiger partial charge in [0.15, 0.2) is 25.8 Å². The summed E-state index contributed by atoms with van der Waals surface area (Å²) in [6.07, 6.45) is -10.7. The van der Waals surface area contributed by atoms with E-state index < -0.39 is 126 Å². The van der Waals surface area contributed by atoms with Crippen LogP contribution >= 0.6 is 0 Å². The second-order valence-electron chi connectivity index (χ2n) is 21.4. The second kappa shape index (κ2) is 17.3. The molecule has 1 amide bonds. The highest BCUT2D eigenvalue weighted by Crippen LogP contribution is 2.64. The summed E-state index contributed by atoms with van der Waals surface area (Å²) in [6, 6.07) is 15.6. The topological polar surface area (TPSA) is 213 Å². The van der Waals surface area contributed by atoms with Crippen molar-refractivity contribution >= 4 is 38.1 Å². The zero-order chi connectivity index (χ0) is 48.5. The molecule has 16 heteroatoms. The Labute approximate surface area is 382 Å². The Hall–Kier alpha value is -4.45. The number of benzene rings is 2. The number of aliphatic hydroxyl groups is 3. The van der Waals surface area contributed by atoms with Gasteiger partial charge in [0.2, 0.25) is 0 Å². The monoisotopic (exact) mass is 921 g/mol. The summed E-state index contributed by atoms with van der Waals surface area (Å²) in [7, 11) is -2.90. The molecule has 6 rings (SSSR count). The Bertz CT molecular complexity index is 2200. The lowest BCUT2D eigenvalue weighted by molar-refractivity contribution is -0.346. The molecule has 0 radical (unpaired) electrons. The summed E-state index contributed by atoms with van der Waals surface area (Å²) in [5, 5.41) is 40.6. The third kappa shape index (κ3) is 8.82. The summed E-state index contributed by atoms with van der Waals surface area (Å²) in [6.45, 7) is 22.1. The molecule has 2 aromatic rings. The molecular formula is C49H67NO14Si. The maximum absolute atomic E-state index is 15.2. The summed E-state index contributed by atoms with van der Waals surface area (Å²) in [5.74, 6) is -4.98. The molecule has 4 aliphatic rings. The predicted octanol–water partition coefficient (Wildman–Crippen LogP) is 6.29. The Morgan fingerprint density at radius 1 is 0.908 bits per heavy atom. The van der Waals surface area contributed by atoms with Crippen molar-refractivity contribution in [2.24, 2.45) is 16.7 Å². The lowest BCUT2D eigenvalue weighted by Crippen LogP contribution is -2.81. The molecule has 2 aromatic carbocycles. The van der Waals surface area contributed by atoms with Gasteiger partial charge in [-0.25, -0.2) is 14.4 Å². The molecule has 0 aromatic heterocycles. The van der Waals surface area contributed by atoms with Crippen LogP contribution in [0.25, 0.3) is 0 Å². The average molecular weight is 922 g/mol. The fraction of sp³-hybridized carbons (Fsp3) is 0.612. The normalized spacial score (nSPS) is 31.9. The van der Waals surface area contributed by atoms with E-state index >= 15 is 9.59 Å². The lowest BCUT2D eigenvalue weighted by Gasteiger charge is -2.67. The Kier molecular flexibility index (Phi) is 13.3. The first kappa shape index (κ1) is 50.0. The largest absolute Gasteiger partial charge is 0.456 e. The number of hydrogen-bond acceptors (Lipinski definition) is 14. The smallest absolute Gasteiger partial charge is 0.408 e. The molecule has 356 valence electrons. The van der Waals surface area contributed by atoms with Gasteiger partial charge in [-0.1, -0.05) is 83.1 Å². The molecule has 0 spiro atoms. The molecule has 2 saturated carbocycles. The van der Waals surface area contributed by atoms with Crippen molar-refractivity contribution in [3.8, 4) is 0 Å². The molecular weight excluding hydrogens is 855 g/mol. The van der Waals surface area contributed by atoms with Crippen molar-refractivity contribution in [2.75, 3.05) is 6.61 Å². The van der Waals surface area contributed by atoms with Crippen LogP contribution in [-0.4, -0.2) is 113 Å². The van der Waals surface area contributed by atoms with Gasteiger partial charge in [-0.05, 0) is 81.6 Å². The molecule has 4 N–H and O–H groups in total. The number of rotatable bonds is 10. The van der Waals surface area contributed by atoms with E-state index in [9.17, 15) is 29.7 Å². The van der Waals surface area contributed by atoms with Crippen LogP contribution in [0.3, 0.4) is 0 Å². The number of aliphatic hydroxyl groups excluding tert-OH is 2. The molecule has 15 nitrogen and oxygen atoms in total. The first-order chi connectivity index (χ1) is 29.9. The number of fused-ring (bicyclic) bond motifs is 5. The molecule has 3 aliphatic carbocycles. The van der Waals surface area contributed by atoms with E-state index in [-0.39, 0.29) is 29.7 Å². The zero-order valence-corrected chi connectivity index (χ0v) is 40.8. The van der Waals surface area contributed by atoms with Crippen LogP contribution in [0, 0.1) is 16.7 Å². The SMILES string of the molecule is CC(=O)O[C@@]12CO[C@@H]1C[C@H](O)[C@@]1(C)C(=O)[C@H](O)C3=C(C)[C@@H](OC(=O)[C@H](O[Si](C)(C)C(C)(C)C)[C@@H](NC(=O)OC(C)(C)C)c4ccccc4)C[C@@](O)([C@@H](OC(=O)c4ccccc4)[C@H]21)C3(C)C. The van der Waals surface area contributed by atoms with Gasteiger partial charge < -0.3 is 48.7 Å². The van der Waals surface area contributed by atoms with E-state index in [0.29, 0.717) is 5.56 Å². The summed E-state index contributed by atoms with van der Waals surface area (Å²) >= 11 is 0. The molecule has 11 atom stereocenters. The predicted molar refractivity (Wildman–Crippen MR) is 240 cm³/mol. The number of alkyl carbamates (subject to hydrolysis) is 1. The third-order valence-electron chi connectivity index (χ3n) is 14.8. The molecule has 1 heterocycles. The van der Waals surface area contributed by atoms with Crippen molar-refractivity contribution in [2.45, 2.75) is 167 Å². The van der Waals surface area contributed by atoms with E-state index in [0.717, 1.165) is 0 Å². The van der Waals surface area contributed by atoms with E-state index in [2.05, 4.69) is 5.32 Å². The standard InChI is InChI=1S/C49H67NO14Si/c1-27-31(60-42(56)37(64-65(12,13)45(6,7)8)35(29-20-16-14-17-21-29)50-43(57)63-44(3,4)5)25-49(58)40(61-41(55)30-22-18-15-19-23-30)38-47(11,39(54)36(53)34(27)46(49,9)10)32(52)24-33-48(38,26-59-33)62-28(2)51/h14-23,31-33,35-38,40,52-53,58H,24-26H2,1-13H3,(H,50,57)/t31-,32-,33+,35-,36+,37+,38-,40-,47+,48-,49+/m0/s1. The number of Topliss-reactive ketones (excluding diaryl/α,β-unsaturated/α-hetero) is 1. The number of nitrogens with one attached hydrogen (secondary N) is 1. The highest BCUT2D eigenvalue weighted by molar-refractivity contribution is 6.74. The minimum Gasteiger partial charge on any atom is -0.456 e. The summed E-state index contributed by atoms with van der Waals surface area (Å²) < 4.78 is 37.5.